The average Bonchev–Trinajstić information content (AvgIpc) is 2.56. The van der Waals surface area contributed by atoms with Crippen molar-refractivity contribution in [2.75, 3.05) is 6.61 Å². The Morgan fingerprint density at radius 1 is 0.929 bits per heavy atom. The molecule has 4 nitrogen and oxygen atoms in total. The maximum Gasteiger partial charge on any atom is 0.193 e. The van der Waals surface area contributed by atoms with Gasteiger partial charge in [0.05, 0.1) is 6.61 Å². The number of hydrogen-bond donors (Lipinski definition) is 1. The van der Waals surface area contributed by atoms with Gasteiger partial charge in [-0.3, -0.25) is 4.79 Å². The maximum atomic E-state index is 13.2. The predicted molar refractivity (Wildman–Crippen MR) is 122 cm³/mol. The lowest BCUT2D eigenvalue weighted by atomic mass is 10.0. The summed E-state index contributed by atoms with van der Waals surface area (Å²) in [6, 6.07) is 9.27. The molecule has 160 valence electrons. The van der Waals surface area contributed by atoms with Crippen LogP contribution in [-0.4, -0.2) is 40.2 Å². The van der Waals surface area contributed by atoms with Gasteiger partial charge < -0.3 is 14.0 Å². The molecule has 0 aromatic heterocycles. The molecule has 1 rings (SSSR count). The van der Waals surface area contributed by atoms with Crippen LogP contribution in [0.5, 0.6) is 0 Å². The van der Waals surface area contributed by atoms with E-state index in [1.807, 2.05) is 30.3 Å². The van der Waals surface area contributed by atoms with Gasteiger partial charge in [0.15, 0.2) is 22.4 Å². The van der Waals surface area contributed by atoms with Crippen LogP contribution < -0.4 is 0 Å². The summed E-state index contributed by atoms with van der Waals surface area (Å²) in [5, 5.41) is 10.9. The molecule has 0 aliphatic rings. The van der Waals surface area contributed by atoms with E-state index in [0.717, 1.165) is 0 Å². The van der Waals surface area contributed by atoms with Gasteiger partial charge in [0.25, 0.3) is 0 Å². The number of ketones is 1. The SMILES string of the molecule is CC(C)(C)[Si](C)(C)OCC(=O)[C@H](O[Si](C)(C)C(C)(C)C)[C@@H](O)c1ccccc1. The van der Waals surface area contributed by atoms with Crippen LogP contribution >= 0.6 is 0 Å². The van der Waals surface area contributed by atoms with E-state index in [-0.39, 0.29) is 22.5 Å². The Hall–Kier alpha value is -0.796. The largest absolute Gasteiger partial charge is 0.409 e. The third-order valence-corrected chi connectivity index (χ3v) is 15.3. The summed E-state index contributed by atoms with van der Waals surface area (Å²) in [5.74, 6) is -0.189. The van der Waals surface area contributed by atoms with Gasteiger partial charge in [-0.1, -0.05) is 71.9 Å². The molecular formula is C22H40O4Si2. The summed E-state index contributed by atoms with van der Waals surface area (Å²) in [6.07, 6.45) is -1.93. The third kappa shape index (κ3) is 6.35. The van der Waals surface area contributed by atoms with Gasteiger partial charge in [-0.2, -0.15) is 0 Å². The van der Waals surface area contributed by atoms with Crippen LogP contribution in [0.2, 0.25) is 36.3 Å². The highest BCUT2D eigenvalue weighted by Crippen LogP contribution is 2.40. The predicted octanol–water partition coefficient (Wildman–Crippen LogP) is 5.70. The molecule has 0 unspecified atom stereocenters. The van der Waals surface area contributed by atoms with E-state index >= 15 is 0 Å². The van der Waals surface area contributed by atoms with Crippen molar-refractivity contribution in [3.05, 3.63) is 35.9 Å². The molecule has 0 aliphatic carbocycles. The van der Waals surface area contributed by atoms with Gasteiger partial charge in [-0.05, 0) is 41.8 Å². The van der Waals surface area contributed by atoms with E-state index in [0.29, 0.717) is 5.56 Å². The number of carbonyl (C=O) groups is 1. The Morgan fingerprint density at radius 3 is 1.82 bits per heavy atom. The van der Waals surface area contributed by atoms with Crippen molar-refractivity contribution < 1.29 is 18.8 Å². The molecule has 0 saturated heterocycles. The first-order valence-corrected chi connectivity index (χ1v) is 15.9. The zero-order valence-electron chi connectivity index (χ0n) is 19.4. The summed E-state index contributed by atoms with van der Waals surface area (Å²) in [4.78, 5) is 13.2. The molecule has 0 spiro atoms. The number of hydrogen-bond acceptors (Lipinski definition) is 4. The summed E-state index contributed by atoms with van der Waals surface area (Å²) < 4.78 is 12.5. The number of benzene rings is 1. The van der Waals surface area contributed by atoms with Crippen molar-refractivity contribution in [3.63, 3.8) is 0 Å². The molecule has 1 aromatic rings. The van der Waals surface area contributed by atoms with Crippen molar-refractivity contribution in [1.82, 2.24) is 0 Å². The lowest BCUT2D eigenvalue weighted by molar-refractivity contribution is -0.134. The second-order valence-corrected chi connectivity index (χ2v) is 20.2. The van der Waals surface area contributed by atoms with E-state index in [1.165, 1.54) is 0 Å². The van der Waals surface area contributed by atoms with Crippen molar-refractivity contribution in [3.8, 4) is 0 Å². The second kappa shape index (κ2) is 8.92. The summed E-state index contributed by atoms with van der Waals surface area (Å²) in [7, 11) is -4.33. The normalized spacial score (nSPS) is 16.0. The first-order valence-electron chi connectivity index (χ1n) is 10.1. The van der Waals surface area contributed by atoms with Crippen LogP contribution in [0.1, 0.15) is 53.2 Å². The molecule has 0 heterocycles. The van der Waals surface area contributed by atoms with Crippen molar-refractivity contribution in [2.24, 2.45) is 0 Å². The molecule has 0 bridgehead atoms. The van der Waals surface area contributed by atoms with Gasteiger partial charge in [-0.25, -0.2) is 0 Å². The van der Waals surface area contributed by atoms with Crippen LogP contribution in [0.15, 0.2) is 30.3 Å². The average molecular weight is 425 g/mol. The molecule has 0 fully saturated rings. The highest BCUT2D eigenvalue weighted by atomic mass is 28.4. The first kappa shape index (κ1) is 25.2. The lowest BCUT2D eigenvalue weighted by Crippen LogP contribution is -2.50. The van der Waals surface area contributed by atoms with E-state index < -0.39 is 28.8 Å². The number of aliphatic hydroxyl groups is 1. The van der Waals surface area contributed by atoms with Crippen molar-refractivity contribution in [2.45, 2.75) is 90.0 Å². The Balaban J connectivity index is 3.11. The van der Waals surface area contributed by atoms with Gasteiger partial charge in [0, 0.05) is 0 Å². The highest BCUT2D eigenvalue weighted by Gasteiger charge is 2.44. The van der Waals surface area contributed by atoms with Gasteiger partial charge in [0.1, 0.15) is 12.2 Å². The van der Waals surface area contributed by atoms with E-state index in [4.69, 9.17) is 8.85 Å². The maximum absolute atomic E-state index is 13.2. The van der Waals surface area contributed by atoms with Crippen LogP contribution in [0, 0.1) is 0 Å². The molecular weight excluding hydrogens is 384 g/mol. The molecule has 28 heavy (non-hydrogen) atoms. The highest BCUT2D eigenvalue weighted by molar-refractivity contribution is 6.74. The third-order valence-electron chi connectivity index (χ3n) is 6.35. The fraction of sp³-hybridized carbons (Fsp3) is 0.682. The molecule has 6 heteroatoms. The lowest BCUT2D eigenvalue weighted by Gasteiger charge is -2.40. The van der Waals surface area contributed by atoms with Crippen LogP contribution in [-0.2, 0) is 13.6 Å². The number of aliphatic hydroxyl groups excluding tert-OH is 1. The zero-order valence-corrected chi connectivity index (χ0v) is 21.4. The minimum absolute atomic E-state index is 0.0150. The Labute approximate surface area is 173 Å². The Bertz CT molecular complexity index is 643. The molecule has 1 N–H and O–H groups in total. The number of rotatable bonds is 8. The standard InChI is InChI=1S/C22H40O4Si2/c1-21(2,3)27(7,8)25-16-18(23)20(26-28(9,10)22(4,5)6)19(24)17-14-12-11-13-15-17/h11-15,19-20,24H,16H2,1-10H3/t19-,20-/m0/s1. The fourth-order valence-corrected chi connectivity index (χ4v) is 4.36. The van der Waals surface area contributed by atoms with Crippen LogP contribution in [0.25, 0.3) is 0 Å². The minimum Gasteiger partial charge on any atom is -0.409 e. The quantitative estimate of drug-likeness (QED) is 0.544. The van der Waals surface area contributed by atoms with Gasteiger partial charge >= 0.3 is 0 Å². The van der Waals surface area contributed by atoms with Crippen molar-refractivity contribution in [1.29, 1.82) is 0 Å². The monoisotopic (exact) mass is 424 g/mol. The molecule has 0 aliphatic heterocycles. The van der Waals surface area contributed by atoms with Gasteiger partial charge in [0.2, 0.25) is 0 Å². The van der Waals surface area contributed by atoms with E-state index in [1.54, 1.807) is 0 Å². The number of carbonyl (C=O) groups excluding carboxylic acids is 1. The molecule has 2 atom stereocenters. The van der Waals surface area contributed by atoms with Crippen molar-refractivity contribution >= 4 is 22.4 Å². The van der Waals surface area contributed by atoms with Crippen LogP contribution in [0.4, 0.5) is 0 Å². The molecule has 1 aromatic carbocycles. The second-order valence-electron chi connectivity index (χ2n) is 10.7. The molecule has 0 radical (unpaired) electrons. The van der Waals surface area contributed by atoms with E-state index in [9.17, 15) is 9.90 Å². The Kier molecular flexibility index (Phi) is 8.04. The summed E-state index contributed by atoms with van der Waals surface area (Å²) in [5.41, 5.74) is 0.687. The summed E-state index contributed by atoms with van der Waals surface area (Å²) >= 11 is 0. The zero-order chi connectivity index (χ0) is 22.0. The smallest absolute Gasteiger partial charge is 0.193 e. The number of Topliss-reactive ketones (excluding diaryl/α,β-unsaturated/α-hetero) is 1. The molecule has 0 amide bonds. The molecule has 0 saturated carbocycles. The minimum atomic E-state index is -2.26. The van der Waals surface area contributed by atoms with E-state index in [2.05, 4.69) is 67.7 Å². The topological polar surface area (TPSA) is 55.8 Å². The first-order chi connectivity index (χ1) is 12.5. The summed E-state index contributed by atoms with van der Waals surface area (Å²) in [6.45, 7) is 21.2. The van der Waals surface area contributed by atoms with Gasteiger partial charge in [-0.15, -0.1) is 0 Å². The van der Waals surface area contributed by atoms with Crippen LogP contribution in [0.3, 0.4) is 0 Å². The fourth-order valence-electron chi connectivity index (χ4n) is 2.18. The Morgan fingerprint density at radius 2 is 1.39 bits per heavy atom.